The number of piperidine rings is 1. The van der Waals surface area contributed by atoms with Gasteiger partial charge in [0, 0.05) is 25.7 Å². The van der Waals surface area contributed by atoms with Crippen molar-refractivity contribution in [3.05, 3.63) is 0 Å². The van der Waals surface area contributed by atoms with Gasteiger partial charge in [0.1, 0.15) is 11.6 Å². The molecule has 2 saturated heterocycles. The van der Waals surface area contributed by atoms with Crippen molar-refractivity contribution in [2.75, 3.05) is 19.6 Å². The molecule has 24 heavy (non-hydrogen) atoms. The van der Waals surface area contributed by atoms with Crippen molar-refractivity contribution in [1.82, 2.24) is 15.1 Å². The lowest BCUT2D eigenvalue weighted by Gasteiger charge is -2.34. The van der Waals surface area contributed by atoms with Gasteiger partial charge < -0.3 is 25.6 Å². The molecule has 0 aromatic heterocycles. The molecule has 0 bridgehead atoms. The summed E-state index contributed by atoms with van der Waals surface area (Å²) in [6.07, 6.45) is 2.43. The predicted molar refractivity (Wildman–Crippen MR) is 88.3 cm³/mol. The van der Waals surface area contributed by atoms with Crippen LogP contribution >= 0.6 is 0 Å². The lowest BCUT2D eigenvalue weighted by molar-refractivity contribution is -0.121. The third-order valence-corrected chi connectivity index (χ3v) is 4.32. The summed E-state index contributed by atoms with van der Waals surface area (Å²) in [5.41, 5.74) is 4.83. The number of rotatable bonds is 2. The van der Waals surface area contributed by atoms with Gasteiger partial charge in [-0.2, -0.15) is 0 Å². The topological polar surface area (TPSA) is 105 Å². The standard InChI is InChI=1S/C16H28N4O4/c1-16(2,3)24-15(23)19-9-6-11(7-10-19)18-14(22)20-8-4-5-12(20)13(17)21/h11-12H,4-10H2,1-3H3,(H2,17,21)(H,18,22)/t12-/m1/s1. The summed E-state index contributed by atoms with van der Waals surface area (Å²) in [4.78, 5) is 38.9. The van der Waals surface area contributed by atoms with Crippen molar-refractivity contribution >= 4 is 18.0 Å². The molecule has 3 N–H and O–H groups in total. The van der Waals surface area contributed by atoms with Crippen LogP contribution in [0, 0.1) is 0 Å². The highest BCUT2D eigenvalue weighted by atomic mass is 16.6. The van der Waals surface area contributed by atoms with Crippen LogP contribution in [0.15, 0.2) is 0 Å². The Morgan fingerprint density at radius 3 is 2.25 bits per heavy atom. The van der Waals surface area contributed by atoms with E-state index in [1.807, 2.05) is 20.8 Å². The molecule has 2 aliphatic heterocycles. The summed E-state index contributed by atoms with van der Waals surface area (Å²) in [5.74, 6) is -0.456. The molecule has 8 heteroatoms. The van der Waals surface area contributed by atoms with Crippen LogP contribution in [0.25, 0.3) is 0 Å². The fourth-order valence-electron chi connectivity index (χ4n) is 3.10. The Morgan fingerprint density at radius 2 is 1.71 bits per heavy atom. The van der Waals surface area contributed by atoms with Gasteiger partial charge in [0.2, 0.25) is 5.91 Å². The van der Waals surface area contributed by atoms with Gasteiger partial charge in [-0.15, -0.1) is 0 Å². The van der Waals surface area contributed by atoms with E-state index in [1.54, 1.807) is 4.90 Å². The van der Waals surface area contributed by atoms with Crippen LogP contribution in [0.1, 0.15) is 46.5 Å². The highest BCUT2D eigenvalue weighted by Crippen LogP contribution is 2.19. The molecule has 1 atom stereocenters. The van der Waals surface area contributed by atoms with Crippen molar-refractivity contribution < 1.29 is 19.1 Å². The van der Waals surface area contributed by atoms with Gasteiger partial charge in [-0.1, -0.05) is 0 Å². The maximum atomic E-state index is 12.3. The normalized spacial score (nSPS) is 22.4. The number of ether oxygens (including phenoxy) is 1. The SMILES string of the molecule is CC(C)(C)OC(=O)N1CCC(NC(=O)N2CCC[C@@H]2C(N)=O)CC1. The molecule has 2 heterocycles. The average Bonchev–Trinajstić information content (AvgIpc) is 2.96. The molecule has 0 radical (unpaired) electrons. The molecule has 0 aromatic carbocycles. The van der Waals surface area contributed by atoms with Gasteiger partial charge in [-0.05, 0) is 46.5 Å². The first-order chi connectivity index (χ1) is 11.2. The molecule has 136 valence electrons. The molecule has 4 amide bonds. The first-order valence-corrected chi connectivity index (χ1v) is 8.52. The lowest BCUT2D eigenvalue weighted by Crippen LogP contribution is -2.53. The zero-order valence-corrected chi connectivity index (χ0v) is 14.7. The number of carbonyl (C=O) groups excluding carboxylic acids is 3. The largest absolute Gasteiger partial charge is 0.444 e. The molecule has 2 aliphatic rings. The van der Waals surface area contributed by atoms with E-state index in [2.05, 4.69) is 5.32 Å². The van der Waals surface area contributed by atoms with Crippen molar-refractivity contribution in [2.45, 2.75) is 64.1 Å². The number of nitrogens with two attached hydrogens (primary N) is 1. The highest BCUT2D eigenvalue weighted by Gasteiger charge is 2.34. The number of nitrogens with one attached hydrogen (secondary N) is 1. The number of primary amides is 1. The van der Waals surface area contributed by atoms with Crippen LogP contribution in [0.2, 0.25) is 0 Å². The van der Waals surface area contributed by atoms with Gasteiger partial charge >= 0.3 is 12.1 Å². The third-order valence-electron chi connectivity index (χ3n) is 4.32. The van der Waals surface area contributed by atoms with Crippen LogP contribution in [-0.2, 0) is 9.53 Å². The summed E-state index contributed by atoms with van der Waals surface area (Å²) in [5, 5.41) is 2.95. The monoisotopic (exact) mass is 340 g/mol. The van der Waals surface area contributed by atoms with Crippen molar-refractivity contribution in [3.8, 4) is 0 Å². The molecule has 2 rings (SSSR count). The number of hydrogen-bond donors (Lipinski definition) is 2. The Labute approximate surface area is 142 Å². The van der Waals surface area contributed by atoms with Gasteiger partial charge in [0.25, 0.3) is 0 Å². The average molecular weight is 340 g/mol. The van der Waals surface area contributed by atoms with Gasteiger partial charge in [-0.3, -0.25) is 4.79 Å². The summed E-state index contributed by atoms with van der Waals surface area (Å²) >= 11 is 0. The second-order valence-corrected chi connectivity index (χ2v) is 7.44. The van der Waals surface area contributed by atoms with Crippen LogP contribution in [0.3, 0.4) is 0 Å². The zero-order chi connectivity index (χ0) is 17.9. The minimum Gasteiger partial charge on any atom is -0.444 e. The molecule has 0 aromatic rings. The summed E-state index contributed by atoms with van der Waals surface area (Å²) < 4.78 is 5.36. The minimum absolute atomic E-state index is 0.00897. The summed E-state index contributed by atoms with van der Waals surface area (Å²) in [6.45, 7) is 7.14. The van der Waals surface area contributed by atoms with E-state index in [4.69, 9.17) is 10.5 Å². The number of hydrogen-bond acceptors (Lipinski definition) is 4. The number of carbonyl (C=O) groups is 3. The zero-order valence-electron chi connectivity index (χ0n) is 14.7. The van der Waals surface area contributed by atoms with E-state index in [1.165, 1.54) is 4.90 Å². The summed E-state index contributed by atoms with van der Waals surface area (Å²) in [6, 6.07) is -0.760. The molecule has 8 nitrogen and oxygen atoms in total. The second-order valence-electron chi connectivity index (χ2n) is 7.44. The van der Waals surface area contributed by atoms with Gasteiger partial charge in [0.05, 0.1) is 0 Å². The smallest absolute Gasteiger partial charge is 0.410 e. The first-order valence-electron chi connectivity index (χ1n) is 8.52. The number of nitrogens with zero attached hydrogens (tertiary/aromatic N) is 2. The Bertz CT molecular complexity index is 495. The van der Waals surface area contributed by atoms with E-state index < -0.39 is 17.6 Å². The number of urea groups is 1. The molecule has 0 unspecified atom stereocenters. The fraction of sp³-hybridized carbons (Fsp3) is 0.812. The highest BCUT2D eigenvalue weighted by molar-refractivity contribution is 5.86. The molecular formula is C16H28N4O4. The van der Waals surface area contributed by atoms with Crippen molar-refractivity contribution in [3.63, 3.8) is 0 Å². The Hall–Kier alpha value is -1.99. The molecule has 0 saturated carbocycles. The molecule has 0 spiro atoms. The number of likely N-dealkylation sites (tertiary alicyclic amines) is 2. The van der Waals surface area contributed by atoms with Crippen LogP contribution in [0.5, 0.6) is 0 Å². The summed E-state index contributed by atoms with van der Waals surface area (Å²) in [7, 11) is 0. The third kappa shape index (κ3) is 4.75. The maximum absolute atomic E-state index is 12.3. The van der Waals surface area contributed by atoms with Crippen molar-refractivity contribution in [2.24, 2.45) is 5.73 Å². The first kappa shape index (κ1) is 18.4. The Morgan fingerprint density at radius 1 is 1.08 bits per heavy atom. The fourth-order valence-corrected chi connectivity index (χ4v) is 3.10. The molecule has 2 fully saturated rings. The molecular weight excluding hydrogens is 312 g/mol. The maximum Gasteiger partial charge on any atom is 0.410 e. The van der Waals surface area contributed by atoms with Crippen LogP contribution in [0.4, 0.5) is 9.59 Å². The van der Waals surface area contributed by atoms with Gasteiger partial charge in [0.15, 0.2) is 0 Å². The minimum atomic E-state index is -0.512. The molecule has 0 aliphatic carbocycles. The lowest BCUT2D eigenvalue weighted by atomic mass is 10.1. The van der Waals surface area contributed by atoms with E-state index in [-0.39, 0.29) is 18.2 Å². The second kappa shape index (κ2) is 7.27. The quantitative estimate of drug-likeness (QED) is 0.783. The van der Waals surface area contributed by atoms with Crippen molar-refractivity contribution in [1.29, 1.82) is 0 Å². The number of amides is 4. The van der Waals surface area contributed by atoms with Crippen LogP contribution < -0.4 is 11.1 Å². The van der Waals surface area contributed by atoms with E-state index >= 15 is 0 Å². The Kier molecular flexibility index (Phi) is 5.56. The van der Waals surface area contributed by atoms with E-state index in [0.29, 0.717) is 38.9 Å². The Balaban J connectivity index is 1.79. The van der Waals surface area contributed by atoms with E-state index in [0.717, 1.165) is 6.42 Å². The van der Waals surface area contributed by atoms with E-state index in [9.17, 15) is 14.4 Å². The predicted octanol–water partition coefficient (Wildman–Crippen LogP) is 1.05. The van der Waals surface area contributed by atoms with Crippen LogP contribution in [-0.4, -0.2) is 65.2 Å². The van der Waals surface area contributed by atoms with Gasteiger partial charge in [-0.25, -0.2) is 9.59 Å².